The van der Waals surface area contributed by atoms with Gasteiger partial charge in [0.1, 0.15) is 5.82 Å². The molecule has 1 aliphatic rings. The van der Waals surface area contributed by atoms with Crippen molar-refractivity contribution < 1.29 is 0 Å². The Bertz CT molecular complexity index is 514. The van der Waals surface area contributed by atoms with E-state index < -0.39 is 0 Å². The molecule has 0 N–H and O–H groups in total. The minimum atomic E-state index is 0.973. The second kappa shape index (κ2) is 4.80. The van der Waals surface area contributed by atoms with Crippen LogP contribution < -0.4 is 0 Å². The van der Waals surface area contributed by atoms with Crippen LogP contribution in [0.2, 0.25) is 0 Å². The topological polar surface area (TPSA) is 17.8 Å². The summed E-state index contributed by atoms with van der Waals surface area (Å²) < 4.78 is 3.54. The van der Waals surface area contributed by atoms with Crippen molar-refractivity contribution in [3.05, 3.63) is 40.2 Å². The van der Waals surface area contributed by atoms with Crippen LogP contribution in [0.3, 0.4) is 0 Å². The molecule has 0 spiro atoms. The molecule has 1 fully saturated rings. The van der Waals surface area contributed by atoms with Gasteiger partial charge >= 0.3 is 0 Å². The zero-order chi connectivity index (χ0) is 11.7. The van der Waals surface area contributed by atoms with E-state index in [1.165, 1.54) is 28.4 Å². The maximum absolute atomic E-state index is 4.49. The molecule has 3 heteroatoms. The lowest BCUT2D eigenvalue weighted by atomic mass is 10.2. The Morgan fingerprint density at radius 1 is 1.35 bits per heavy atom. The van der Waals surface area contributed by atoms with Gasteiger partial charge in [0.25, 0.3) is 0 Å². The molecule has 0 bridgehead atoms. The van der Waals surface area contributed by atoms with Gasteiger partial charge in [-0.2, -0.15) is 0 Å². The van der Waals surface area contributed by atoms with Gasteiger partial charge in [0.05, 0.1) is 0 Å². The van der Waals surface area contributed by atoms with Crippen molar-refractivity contribution in [1.29, 1.82) is 0 Å². The summed E-state index contributed by atoms with van der Waals surface area (Å²) in [7, 11) is 0. The summed E-state index contributed by atoms with van der Waals surface area (Å²) in [5, 5.41) is 0. The Labute approximate surface area is 115 Å². The highest BCUT2D eigenvalue weighted by atomic mass is 127. The van der Waals surface area contributed by atoms with Crippen LogP contribution in [-0.4, -0.2) is 9.55 Å². The predicted octanol–water partition coefficient (Wildman–Crippen LogP) is 3.95. The highest BCUT2D eigenvalue weighted by Crippen LogP contribution is 2.33. The Morgan fingerprint density at radius 2 is 2.24 bits per heavy atom. The van der Waals surface area contributed by atoms with Gasteiger partial charge in [-0.25, -0.2) is 4.98 Å². The van der Waals surface area contributed by atoms with E-state index in [0.717, 1.165) is 18.3 Å². The summed E-state index contributed by atoms with van der Waals surface area (Å²) in [6.07, 6.45) is 8.15. The molecule has 0 atom stereocenters. The first kappa shape index (κ1) is 11.3. The van der Waals surface area contributed by atoms with Crippen molar-refractivity contribution >= 4 is 22.6 Å². The van der Waals surface area contributed by atoms with Crippen molar-refractivity contribution in [2.45, 2.75) is 25.8 Å². The van der Waals surface area contributed by atoms with Crippen LogP contribution in [0.25, 0.3) is 11.4 Å². The standard InChI is InChI=1S/C14H15IN2/c15-13-3-1-2-12(10-13)14-16-7-9-17(14)8-6-11-4-5-11/h1-3,7,9-11H,4-6,8H2. The number of benzene rings is 1. The van der Waals surface area contributed by atoms with Gasteiger partial charge < -0.3 is 4.57 Å². The van der Waals surface area contributed by atoms with Crippen molar-refractivity contribution in [2.24, 2.45) is 5.92 Å². The zero-order valence-electron chi connectivity index (χ0n) is 9.64. The molecular formula is C14H15IN2. The van der Waals surface area contributed by atoms with Gasteiger partial charge in [-0.1, -0.05) is 25.0 Å². The summed E-state index contributed by atoms with van der Waals surface area (Å²) in [5.74, 6) is 2.07. The molecule has 0 radical (unpaired) electrons. The average Bonchev–Trinajstić information content (AvgIpc) is 3.04. The third-order valence-corrected chi connectivity index (χ3v) is 3.94. The first-order valence-electron chi connectivity index (χ1n) is 6.10. The van der Waals surface area contributed by atoms with Crippen LogP contribution in [-0.2, 0) is 6.54 Å². The quantitative estimate of drug-likeness (QED) is 0.772. The Kier molecular flexibility index (Phi) is 3.18. The van der Waals surface area contributed by atoms with Gasteiger partial charge in [-0.05, 0) is 47.1 Å². The second-order valence-electron chi connectivity index (χ2n) is 4.69. The van der Waals surface area contributed by atoms with E-state index in [-0.39, 0.29) is 0 Å². The average molecular weight is 338 g/mol. The van der Waals surface area contributed by atoms with Crippen LogP contribution in [0.1, 0.15) is 19.3 Å². The molecule has 0 saturated heterocycles. The fraction of sp³-hybridized carbons (Fsp3) is 0.357. The Hall–Kier alpha value is -0.840. The van der Waals surface area contributed by atoms with E-state index in [0.29, 0.717) is 0 Å². The molecule has 1 aromatic carbocycles. The summed E-state index contributed by atoms with van der Waals surface area (Å²) in [4.78, 5) is 4.49. The largest absolute Gasteiger partial charge is 0.331 e. The molecule has 0 unspecified atom stereocenters. The molecule has 1 saturated carbocycles. The third kappa shape index (κ3) is 2.70. The maximum atomic E-state index is 4.49. The first-order valence-corrected chi connectivity index (χ1v) is 7.18. The van der Waals surface area contributed by atoms with Crippen LogP contribution in [0.4, 0.5) is 0 Å². The number of hydrogen-bond donors (Lipinski definition) is 0. The summed E-state index contributed by atoms with van der Waals surface area (Å²) >= 11 is 2.35. The number of aryl methyl sites for hydroxylation is 1. The minimum Gasteiger partial charge on any atom is -0.331 e. The normalized spacial score (nSPS) is 15.1. The lowest BCUT2D eigenvalue weighted by molar-refractivity contribution is 0.601. The molecule has 2 aromatic rings. The van der Waals surface area contributed by atoms with Crippen molar-refractivity contribution in [2.75, 3.05) is 0 Å². The van der Waals surface area contributed by atoms with Gasteiger partial charge in [0.15, 0.2) is 0 Å². The summed E-state index contributed by atoms with van der Waals surface area (Å²) in [6.45, 7) is 1.10. The smallest absolute Gasteiger partial charge is 0.139 e. The highest BCUT2D eigenvalue weighted by Gasteiger charge is 2.21. The second-order valence-corrected chi connectivity index (χ2v) is 5.93. The van der Waals surface area contributed by atoms with E-state index in [1.807, 2.05) is 6.20 Å². The molecule has 17 heavy (non-hydrogen) atoms. The van der Waals surface area contributed by atoms with Crippen molar-refractivity contribution in [3.8, 4) is 11.4 Å². The van der Waals surface area contributed by atoms with E-state index in [4.69, 9.17) is 0 Å². The van der Waals surface area contributed by atoms with Gasteiger partial charge in [-0.3, -0.25) is 0 Å². The Balaban J connectivity index is 1.83. The lowest BCUT2D eigenvalue weighted by Gasteiger charge is -2.07. The number of halogens is 1. The molecule has 1 aliphatic carbocycles. The van der Waals surface area contributed by atoms with E-state index in [2.05, 4.69) is 62.6 Å². The fourth-order valence-corrected chi connectivity index (χ4v) is 2.65. The first-order chi connectivity index (χ1) is 8.33. The Morgan fingerprint density at radius 3 is 3.00 bits per heavy atom. The summed E-state index contributed by atoms with van der Waals surface area (Å²) in [5.41, 5.74) is 1.22. The SMILES string of the molecule is Ic1cccc(-c2nccn2CCC2CC2)c1. The molecule has 2 nitrogen and oxygen atoms in total. The highest BCUT2D eigenvalue weighted by molar-refractivity contribution is 14.1. The van der Waals surface area contributed by atoms with Crippen molar-refractivity contribution in [3.63, 3.8) is 0 Å². The van der Waals surface area contributed by atoms with Crippen LogP contribution in [0.15, 0.2) is 36.7 Å². The van der Waals surface area contributed by atoms with E-state index in [1.54, 1.807) is 0 Å². The number of nitrogens with zero attached hydrogens (tertiary/aromatic N) is 2. The zero-order valence-corrected chi connectivity index (χ0v) is 11.8. The van der Waals surface area contributed by atoms with Gasteiger partial charge in [0, 0.05) is 28.1 Å². The van der Waals surface area contributed by atoms with Crippen LogP contribution in [0, 0.1) is 9.49 Å². The number of hydrogen-bond acceptors (Lipinski definition) is 1. The number of rotatable bonds is 4. The van der Waals surface area contributed by atoms with Crippen LogP contribution in [0.5, 0.6) is 0 Å². The number of aromatic nitrogens is 2. The molecule has 0 amide bonds. The van der Waals surface area contributed by atoms with Gasteiger partial charge in [-0.15, -0.1) is 0 Å². The monoisotopic (exact) mass is 338 g/mol. The summed E-state index contributed by atoms with van der Waals surface area (Å²) in [6, 6.07) is 8.53. The minimum absolute atomic E-state index is 0.973. The maximum Gasteiger partial charge on any atom is 0.139 e. The van der Waals surface area contributed by atoms with E-state index >= 15 is 0 Å². The molecule has 3 rings (SSSR count). The number of imidazole rings is 1. The third-order valence-electron chi connectivity index (χ3n) is 3.27. The van der Waals surface area contributed by atoms with Gasteiger partial charge in [0.2, 0.25) is 0 Å². The molecule has 0 aliphatic heterocycles. The fourth-order valence-electron chi connectivity index (χ4n) is 2.11. The molecule has 1 aromatic heterocycles. The molecular weight excluding hydrogens is 323 g/mol. The molecule has 1 heterocycles. The van der Waals surface area contributed by atoms with Crippen molar-refractivity contribution in [1.82, 2.24) is 9.55 Å². The van der Waals surface area contributed by atoms with Crippen LogP contribution >= 0.6 is 22.6 Å². The predicted molar refractivity (Wildman–Crippen MR) is 77.7 cm³/mol. The molecule has 88 valence electrons. The lowest BCUT2D eigenvalue weighted by Crippen LogP contribution is -2.00. The van der Waals surface area contributed by atoms with E-state index in [9.17, 15) is 0 Å².